The Bertz CT molecular complexity index is 1450. The summed E-state index contributed by atoms with van der Waals surface area (Å²) in [6, 6.07) is 7.23. The number of carbonyl (C=O) groups excluding carboxylic acids is 1. The zero-order valence-corrected chi connectivity index (χ0v) is 20.2. The number of fused-ring (bicyclic) bond motifs is 1. The minimum atomic E-state index is -0.421. The van der Waals surface area contributed by atoms with Gasteiger partial charge in [-0.15, -0.1) is 0 Å². The number of H-pyrrole nitrogens is 1. The van der Waals surface area contributed by atoms with Crippen LogP contribution < -0.4 is 10.6 Å². The first-order chi connectivity index (χ1) is 17.3. The van der Waals surface area contributed by atoms with Crippen LogP contribution in [0.5, 0.6) is 0 Å². The molecule has 4 heterocycles. The van der Waals surface area contributed by atoms with E-state index in [-0.39, 0.29) is 29.2 Å². The van der Waals surface area contributed by atoms with Crippen molar-refractivity contribution in [3.05, 3.63) is 71.4 Å². The van der Waals surface area contributed by atoms with Crippen LogP contribution in [0.1, 0.15) is 54.5 Å². The van der Waals surface area contributed by atoms with Gasteiger partial charge in [-0.05, 0) is 51.2 Å². The number of nitrogens with one attached hydrogen (secondary N) is 3. The molecule has 0 aliphatic heterocycles. The van der Waals surface area contributed by atoms with Gasteiger partial charge in [0.1, 0.15) is 11.6 Å². The molecule has 11 heteroatoms. The van der Waals surface area contributed by atoms with Gasteiger partial charge >= 0.3 is 0 Å². The lowest BCUT2D eigenvalue weighted by Gasteiger charge is -2.33. The molecular weight excluding hydrogens is 461 g/mol. The number of rotatable bonds is 7. The van der Waals surface area contributed by atoms with Crippen LogP contribution in [0.15, 0.2) is 42.9 Å². The van der Waals surface area contributed by atoms with Crippen LogP contribution in [-0.2, 0) is 4.79 Å². The molecule has 184 valence electrons. The predicted octanol–water partition coefficient (Wildman–Crippen LogP) is 3.65. The van der Waals surface area contributed by atoms with Crippen molar-refractivity contribution in [1.29, 1.82) is 0 Å². The van der Waals surface area contributed by atoms with E-state index >= 15 is 0 Å². The molecule has 3 N–H and O–H groups in total. The number of hydrogen-bond donors (Lipinski definition) is 3. The Labute approximate surface area is 206 Å². The predicted molar refractivity (Wildman–Crippen MR) is 129 cm³/mol. The van der Waals surface area contributed by atoms with Gasteiger partial charge in [0, 0.05) is 35.6 Å². The van der Waals surface area contributed by atoms with E-state index in [4.69, 9.17) is 4.98 Å². The molecule has 10 nitrogen and oxygen atoms in total. The third kappa shape index (κ3) is 3.90. The largest absolute Gasteiger partial charge is 0.349 e. The van der Waals surface area contributed by atoms with Crippen molar-refractivity contribution in [2.75, 3.05) is 5.32 Å². The van der Waals surface area contributed by atoms with Crippen LogP contribution in [-0.4, -0.2) is 40.8 Å². The van der Waals surface area contributed by atoms with Crippen LogP contribution in [0.25, 0.3) is 5.82 Å². The highest BCUT2D eigenvalue weighted by atomic mass is 19.1. The number of halogens is 1. The fourth-order valence-electron chi connectivity index (χ4n) is 5.17. The van der Waals surface area contributed by atoms with Gasteiger partial charge in [-0.1, -0.05) is 6.07 Å². The number of amides is 1. The molecule has 2 fully saturated rings. The molecule has 4 aromatic rings. The average molecular weight is 488 g/mol. The highest BCUT2D eigenvalue weighted by Gasteiger charge is 2.72. The Kier molecular flexibility index (Phi) is 5.09. The lowest BCUT2D eigenvalue weighted by Crippen LogP contribution is -2.41. The third-order valence-corrected chi connectivity index (χ3v) is 7.23. The first kappa shape index (κ1) is 22.3. The summed E-state index contributed by atoms with van der Waals surface area (Å²) < 4.78 is 14.6. The van der Waals surface area contributed by atoms with Crippen LogP contribution >= 0.6 is 0 Å². The first-order valence-electron chi connectivity index (χ1n) is 11.9. The smallest absolute Gasteiger partial charge is 0.227 e. The van der Waals surface area contributed by atoms with Crippen molar-refractivity contribution >= 4 is 17.5 Å². The van der Waals surface area contributed by atoms with Crippen molar-refractivity contribution in [3.8, 4) is 5.82 Å². The lowest BCUT2D eigenvalue weighted by molar-refractivity contribution is -0.130. The summed E-state index contributed by atoms with van der Waals surface area (Å²) in [5.74, 6) is 2.76. The molecule has 0 spiro atoms. The SMILES string of the molecule is Cc1cc(Nc2cc(C)[nH]n2)nc([C@@H]2C[C@]3(C(=O)N[C@@H](C)c4ccc(-n5cc(F)cn5)nc4)CC23)n1. The Morgan fingerprint density at radius 1 is 1.19 bits per heavy atom. The molecule has 1 unspecified atom stereocenters. The standard InChI is InChI=1S/C25H26FN9O/c1-13-6-20(31-21-7-14(2)33-34-21)32-23(29-13)18-8-25(9-19(18)25)24(36)30-15(3)16-4-5-22(27-10-16)35-12-17(26)11-28-35/h4-7,10-12,15,18-19H,8-9H2,1-3H3,(H,30,36)(H2,29,31,32,33,34)/t15-,18+,19?,25-/m0/s1. The molecule has 1 amide bonds. The van der Waals surface area contributed by atoms with E-state index in [1.54, 1.807) is 12.3 Å². The molecule has 2 aliphatic rings. The Balaban J connectivity index is 1.09. The number of hydrogen-bond acceptors (Lipinski definition) is 7. The summed E-state index contributed by atoms with van der Waals surface area (Å²) in [6.07, 6.45) is 5.66. The van der Waals surface area contributed by atoms with Crippen molar-refractivity contribution in [3.63, 3.8) is 0 Å². The van der Waals surface area contributed by atoms with Crippen molar-refractivity contribution < 1.29 is 9.18 Å². The average Bonchev–Trinajstić information content (AvgIpc) is 3.13. The molecule has 2 saturated carbocycles. The van der Waals surface area contributed by atoms with Crippen LogP contribution in [0.4, 0.5) is 16.0 Å². The zero-order chi connectivity index (χ0) is 25.0. The summed E-state index contributed by atoms with van der Waals surface area (Å²) in [4.78, 5) is 26.9. The Morgan fingerprint density at radius 2 is 2.06 bits per heavy atom. The summed E-state index contributed by atoms with van der Waals surface area (Å²) in [5, 5.41) is 17.4. The van der Waals surface area contributed by atoms with E-state index in [1.807, 2.05) is 39.0 Å². The second-order valence-electron chi connectivity index (χ2n) is 9.84. The van der Waals surface area contributed by atoms with Crippen molar-refractivity contribution in [1.82, 2.24) is 40.2 Å². The lowest BCUT2D eigenvalue weighted by atomic mass is 9.73. The van der Waals surface area contributed by atoms with E-state index < -0.39 is 5.82 Å². The van der Waals surface area contributed by atoms with Gasteiger partial charge in [-0.3, -0.25) is 9.89 Å². The molecule has 2 aliphatic carbocycles. The van der Waals surface area contributed by atoms with Gasteiger partial charge in [0.15, 0.2) is 17.5 Å². The number of aromatic amines is 1. The zero-order valence-electron chi connectivity index (χ0n) is 20.2. The molecule has 36 heavy (non-hydrogen) atoms. The number of carbonyl (C=O) groups is 1. The monoisotopic (exact) mass is 487 g/mol. The molecule has 4 atom stereocenters. The van der Waals surface area contributed by atoms with Gasteiger partial charge in [0.25, 0.3) is 0 Å². The van der Waals surface area contributed by atoms with E-state index in [1.165, 1.54) is 10.9 Å². The maximum atomic E-state index is 13.2. The Morgan fingerprint density at radius 3 is 2.72 bits per heavy atom. The molecule has 0 bridgehead atoms. The summed E-state index contributed by atoms with van der Waals surface area (Å²) in [7, 11) is 0. The highest BCUT2D eigenvalue weighted by molar-refractivity contribution is 5.88. The molecule has 0 saturated heterocycles. The van der Waals surface area contributed by atoms with Gasteiger partial charge in [-0.25, -0.2) is 24.0 Å². The summed E-state index contributed by atoms with van der Waals surface area (Å²) >= 11 is 0. The van der Waals surface area contributed by atoms with Gasteiger partial charge < -0.3 is 10.6 Å². The number of nitrogens with zero attached hydrogens (tertiary/aromatic N) is 6. The van der Waals surface area contributed by atoms with Gasteiger partial charge in [0.05, 0.1) is 23.9 Å². The van der Waals surface area contributed by atoms with Gasteiger partial charge in [-0.2, -0.15) is 10.2 Å². The normalized spacial score (nSPS) is 22.9. The Hall–Kier alpha value is -4.15. The number of pyridine rings is 1. The first-order valence-corrected chi connectivity index (χ1v) is 11.9. The minimum Gasteiger partial charge on any atom is -0.349 e. The summed E-state index contributed by atoms with van der Waals surface area (Å²) in [5.41, 5.74) is 2.37. The second kappa shape index (κ2) is 8.21. The van der Waals surface area contributed by atoms with Crippen molar-refractivity contribution in [2.24, 2.45) is 11.3 Å². The third-order valence-electron chi connectivity index (χ3n) is 7.23. The van der Waals surface area contributed by atoms with Crippen LogP contribution in [0, 0.1) is 31.0 Å². The number of aromatic nitrogens is 7. The van der Waals surface area contributed by atoms with Crippen molar-refractivity contribution in [2.45, 2.75) is 45.6 Å². The molecule has 0 radical (unpaired) electrons. The van der Waals surface area contributed by atoms with E-state index in [9.17, 15) is 9.18 Å². The van der Waals surface area contributed by atoms with E-state index in [0.29, 0.717) is 17.5 Å². The maximum Gasteiger partial charge on any atom is 0.227 e. The number of aryl methyl sites for hydroxylation is 2. The quantitative estimate of drug-likeness (QED) is 0.363. The molecule has 6 rings (SSSR count). The molecule has 4 aromatic heterocycles. The molecular formula is C25H26FN9O. The minimum absolute atomic E-state index is 0.0625. The van der Waals surface area contributed by atoms with E-state index in [0.717, 1.165) is 41.8 Å². The van der Waals surface area contributed by atoms with E-state index in [2.05, 4.69) is 35.9 Å². The van der Waals surface area contributed by atoms with Gasteiger partial charge in [0.2, 0.25) is 5.91 Å². The second-order valence-corrected chi connectivity index (χ2v) is 9.84. The maximum absolute atomic E-state index is 13.2. The number of anilines is 2. The van der Waals surface area contributed by atoms with Crippen LogP contribution in [0.2, 0.25) is 0 Å². The fourth-order valence-corrected chi connectivity index (χ4v) is 5.17. The molecule has 0 aromatic carbocycles. The fraction of sp³-hybridized carbons (Fsp3) is 0.360. The summed E-state index contributed by atoms with van der Waals surface area (Å²) in [6.45, 7) is 5.82. The van der Waals surface area contributed by atoms with Crippen LogP contribution in [0.3, 0.4) is 0 Å². The topological polar surface area (TPSA) is 126 Å². The highest BCUT2D eigenvalue weighted by Crippen LogP contribution is 2.73.